The molecule has 12 heteroatoms. The number of hydrogen-bond donors (Lipinski definition) is 0. The number of amides is 2. The Hall–Kier alpha value is -3.38. The molecule has 3 heterocycles. The number of nitrogens with zero attached hydrogens (tertiary/aromatic N) is 3. The van der Waals surface area contributed by atoms with Gasteiger partial charge in [0.25, 0.3) is 5.91 Å². The highest BCUT2D eigenvalue weighted by Crippen LogP contribution is 2.40. The van der Waals surface area contributed by atoms with Crippen molar-refractivity contribution in [2.45, 2.75) is 44.7 Å². The van der Waals surface area contributed by atoms with E-state index in [4.69, 9.17) is 0 Å². The van der Waals surface area contributed by atoms with Crippen LogP contribution in [0.3, 0.4) is 0 Å². The number of hydrogen-bond acceptors (Lipinski definition) is 4. The molecule has 2 unspecified atom stereocenters. The third kappa shape index (κ3) is 5.92. The molecule has 2 amide bonds. The van der Waals surface area contributed by atoms with Gasteiger partial charge >= 0.3 is 12.4 Å². The van der Waals surface area contributed by atoms with Crippen LogP contribution in [-0.4, -0.2) is 65.3 Å². The molecule has 2 aliphatic rings. The lowest BCUT2D eigenvalue weighted by Gasteiger charge is -2.43. The number of carbonyl (C=O) groups is 2. The Morgan fingerprint density at radius 1 is 0.833 bits per heavy atom. The van der Waals surface area contributed by atoms with Gasteiger partial charge < -0.3 is 9.80 Å². The highest BCUT2D eigenvalue weighted by atomic mass is 32.1. The molecule has 0 saturated carbocycles. The third-order valence-corrected chi connectivity index (χ3v) is 9.05. The van der Waals surface area contributed by atoms with Crippen LogP contribution in [0.25, 0.3) is 0 Å². The van der Waals surface area contributed by atoms with Gasteiger partial charge in [-0.25, -0.2) is 0 Å². The van der Waals surface area contributed by atoms with Gasteiger partial charge in [0.2, 0.25) is 5.91 Å². The second kappa shape index (κ2) is 11.4. The number of rotatable bonds is 4. The molecule has 2 aromatic carbocycles. The van der Waals surface area contributed by atoms with Gasteiger partial charge in [0.05, 0.1) is 23.2 Å². The number of benzene rings is 2. The summed E-state index contributed by atoms with van der Waals surface area (Å²) in [6, 6.07) is 10.4. The molecule has 1 aromatic heterocycles. The van der Waals surface area contributed by atoms with E-state index < -0.39 is 41.0 Å². The van der Waals surface area contributed by atoms with Crippen molar-refractivity contribution in [2.75, 3.05) is 32.7 Å². The molecule has 0 radical (unpaired) electrons. The monoisotopic (exact) mass is 609 g/mol. The molecule has 1 saturated heterocycles. The van der Waals surface area contributed by atoms with Gasteiger partial charge in [0.1, 0.15) is 0 Å². The Morgan fingerprint density at radius 2 is 1.43 bits per heavy atom. The zero-order valence-electron chi connectivity index (χ0n) is 22.9. The van der Waals surface area contributed by atoms with E-state index in [-0.39, 0.29) is 44.2 Å². The smallest absolute Gasteiger partial charge is 0.338 e. The zero-order valence-corrected chi connectivity index (χ0v) is 23.7. The third-order valence-electron chi connectivity index (χ3n) is 8.05. The second-order valence-electron chi connectivity index (χ2n) is 10.6. The van der Waals surface area contributed by atoms with Gasteiger partial charge in [-0.15, -0.1) is 11.3 Å². The lowest BCUT2D eigenvalue weighted by Crippen LogP contribution is -2.56. The number of halogens is 6. The maximum atomic E-state index is 13.7. The fraction of sp³-hybridized carbons (Fsp3) is 0.400. The highest BCUT2D eigenvalue weighted by Gasteiger charge is 2.40. The fourth-order valence-electron chi connectivity index (χ4n) is 5.79. The van der Waals surface area contributed by atoms with E-state index in [1.807, 2.05) is 32.0 Å². The minimum atomic E-state index is -5.05. The van der Waals surface area contributed by atoms with E-state index in [2.05, 4.69) is 22.4 Å². The van der Waals surface area contributed by atoms with Crippen LogP contribution in [0.1, 0.15) is 56.0 Å². The van der Waals surface area contributed by atoms with Gasteiger partial charge in [0.15, 0.2) is 0 Å². The molecule has 5 rings (SSSR count). The minimum absolute atomic E-state index is 0.00137. The summed E-state index contributed by atoms with van der Waals surface area (Å²) in [5.74, 6) is -1.08. The minimum Gasteiger partial charge on any atom is -0.338 e. The van der Waals surface area contributed by atoms with E-state index in [1.54, 1.807) is 16.2 Å². The van der Waals surface area contributed by atoms with Crippen molar-refractivity contribution in [2.24, 2.45) is 0 Å². The van der Waals surface area contributed by atoms with Crippen molar-refractivity contribution in [3.05, 3.63) is 92.2 Å². The lowest BCUT2D eigenvalue weighted by atomic mass is 9.89. The summed E-state index contributed by atoms with van der Waals surface area (Å²) in [6.45, 7) is 4.78. The van der Waals surface area contributed by atoms with Crippen LogP contribution in [0, 0.1) is 6.92 Å². The molecule has 1 fully saturated rings. The summed E-state index contributed by atoms with van der Waals surface area (Å²) in [5, 5.41) is 2.06. The maximum absolute atomic E-state index is 13.7. The first-order valence-electron chi connectivity index (χ1n) is 13.5. The van der Waals surface area contributed by atoms with E-state index >= 15 is 0 Å². The molecular weight excluding hydrogens is 580 g/mol. The molecule has 2 atom stereocenters. The number of fused-ring (bicyclic) bond motifs is 1. The van der Waals surface area contributed by atoms with Crippen LogP contribution < -0.4 is 0 Å². The number of piperazine rings is 1. The van der Waals surface area contributed by atoms with E-state index in [1.165, 1.54) is 15.3 Å². The summed E-state index contributed by atoms with van der Waals surface area (Å²) >= 11 is 1.70. The Labute approximate surface area is 243 Å². The Balaban J connectivity index is 1.31. The first kappa shape index (κ1) is 30.1. The van der Waals surface area contributed by atoms with Crippen LogP contribution in [0.15, 0.2) is 53.9 Å². The van der Waals surface area contributed by atoms with Gasteiger partial charge in [-0.2, -0.15) is 26.3 Å². The summed E-state index contributed by atoms with van der Waals surface area (Å²) < 4.78 is 79.8. The zero-order chi connectivity index (χ0) is 30.4. The van der Waals surface area contributed by atoms with Crippen LogP contribution in [0.4, 0.5) is 26.3 Å². The molecule has 3 aromatic rings. The van der Waals surface area contributed by atoms with Gasteiger partial charge in [-0.05, 0) is 66.6 Å². The Morgan fingerprint density at radius 3 is 2.02 bits per heavy atom. The molecule has 224 valence electrons. The Bertz CT molecular complexity index is 1440. The normalized spacial score (nSPS) is 19.0. The Kier molecular flexibility index (Phi) is 8.14. The second-order valence-corrected chi connectivity index (χ2v) is 11.6. The van der Waals surface area contributed by atoms with Crippen molar-refractivity contribution < 1.29 is 35.9 Å². The van der Waals surface area contributed by atoms with E-state index in [0.29, 0.717) is 18.7 Å². The summed E-state index contributed by atoms with van der Waals surface area (Å²) in [5.41, 5.74) is -0.363. The maximum Gasteiger partial charge on any atom is 0.416 e. The van der Waals surface area contributed by atoms with Gasteiger partial charge in [-0.3, -0.25) is 14.5 Å². The summed E-state index contributed by atoms with van der Waals surface area (Å²) in [6.07, 6.45) is -9.29. The highest BCUT2D eigenvalue weighted by molar-refractivity contribution is 7.10. The average Bonchev–Trinajstić information content (AvgIpc) is 3.44. The lowest BCUT2D eigenvalue weighted by molar-refractivity contribution is -0.143. The molecular formula is C30H29F6N3O2S. The van der Waals surface area contributed by atoms with Crippen LogP contribution >= 0.6 is 11.3 Å². The number of alkyl halides is 6. The fourth-order valence-corrected chi connectivity index (χ4v) is 6.69. The van der Waals surface area contributed by atoms with E-state index in [0.717, 1.165) is 17.5 Å². The molecule has 0 bridgehead atoms. The number of aryl methyl sites for hydroxylation is 1. The first-order valence-corrected chi connectivity index (χ1v) is 14.4. The molecule has 0 N–H and O–H groups in total. The largest absolute Gasteiger partial charge is 0.416 e. The predicted molar refractivity (Wildman–Crippen MR) is 146 cm³/mol. The number of thiophene rings is 1. The average molecular weight is 610 g/mol. The number of carbonyl (C=O) groups excluding carboxylic acids is 2. The summed E-state index contributed by atoms with van der Waals surface area (Å²) in [7, 11) is 0. The van der Waals surface area contributed by atoms with Crippen molar-refractivity contribution >= 4 is 23.2 Å². The predicted octanol–water partition coefficient (Wildman–Crippen LogP) is 6.41. The molecule has 42 heavy (non-hydrogen) atoms. The quantitative estimate of drug-likeness (QED) is 0.321. The molecule has 2 aliphatic heterocycles. The van der Waals surface area contributed by atoms with E-state index in [9.17, 15) is 35.9 Å². The van der Waals surface area contributed by atoms with Crippen molar-refractivity contribution in [1.29, 1.82) is 0 Å². The topological polar surface area (TPSA) is 43.9 Å². The first-order chi connectivity index (χ1) is 19.8. The van der Waals surface area contributed by atoms with Crippen molar-refractivity contribution in [3.8, 4) is 0 Å². The van der Waals surface area contributed by atoms with Crippen LogP contribution in [-0.2, 0) is 23.6 Å². The standard InChI is InChI=1S/C30H29F6N3O2S/c1-18-5-3-4-6-23(18)26-24-8-14-42-25(24)7-9-39(26)19(2)27(40)37-10-12-38(13-11-37)28(41)20-15-21(29(31,32)33)17-22(16-20)30(34,35)36/h3-6,8,14-17,19,26H,7,9-13H2,1-2H3. The molecule has 0 spiro atoms. The molecule has 5 nitrogen and oxygen atoms in total. The SMILES string of the molecule is Cc1ccccc1C1c2ccsc2CCN1C(C)C(=O)N1CCN(C(=O)c2cc(C(F)(F)F)cc(C(F)(F)F)c2)CC1. The molecule has 0 aliphatic carbocycles. The van der Waals surface area contributed by atoms with Crippen LogP contribution in [0.5, 0.6) is 0 Å². The van der Waals surface area contributed by atoms with Crippen molar-refractivity contribution in [1.82, 2.24) is 14.7 Å². The summed E-state index contributed by atoms with van der Waals surface area (Å²) in [4.78, 5) is 33.0. The van der Waals surface area contributed by atoms with Gasteiger partial charge in [0, 0.05) is 43.2 Å². The van der Waals surface area contributed by atoms with Gasteiger partial charge in [-0.1, -0.05) is 24.3 Å². The van der Waals surface area contributed by atoms with Crippen molar-refractivity contribution in [3.63, 3.8) is 0 Å². The van der Waals surface area contributed by atoms with Crippen LogP contribution in [0.2, 0.25) is 0 Å².